The van der Waals surface area contributed by atoms with E-state index >= 15 is 0 Å². The summed E-state index contributed by atoms with van der Waals surface area (Å²) >= 11 is 0. The number of anilines is 2. The van der Waals surface area contributed by atoms with Crippen LogP contribution in [0.1, 0.15) is 58.7 Å². The van der Waals surface area contributed by atoms with Crippen molar-refractivity contribution in [2.75, 3.05) is 23.9 Å². The van der Waals surface area contributed by atoms with Gasteiger partial charge in [0.1, 0.15) is 18.2 Å². The zero-order valence-electron chi connectivity index (χ0n) is 22.2. The molecule has 1 N–H and O–H groups in total. The van der Waals surface area contributed by atoms with Crippen LogP contribution in [0.25, 0.3) is 11.1 Å². The van der Waals surface area contributed by atoms with Crippen molar-refractivity contribution in [3.8, 4) is 16.9 Å². The third kappa shape index (κ3) is 5.30. The van der Waals surface area contributed by atoms with Gasteiger partial charge in [-0.05, 0) is 41.0 Å². The van der Waals surface area contributed by atoms with Crippen molar-refractivity contribution in [3.63, 3.8) is 0 Å². The number of nitrogens with one attached hydrogen (secondary N) is 1. The molecule has 0 radical (unpaired) electrons. The van der Waals surface area contributed by atoms with Gasteiger partial charge in [0.25, 0.3) is 0 Å². The van der Waals surface area contributed by atoms with Crippen LogP contribution in [-0.2, 0) is 10.2 Å². The van der Waals surface area contributed by atoms with Crippen molar-refractivity contribution in [1.29, 1.82) is 0 Å². The number of amides is 1. The van der Waals surface area contributed by atoms with Crippen LogP contribution in [-0.4, -0.2) is 35.8 Å². The lowest BCUT2D eigenvalue weighted by molar-refractivity contribution is 0.177. The summed E-state index contributed by atoms with van der Waals surface area (Å²) in [6, 6.07) is 14.8. The third-order valence-electron chi connectivity index (χ3n) is 6.70. The maximum atomic E-state index is 12.3. The van der Waals surface area contributed by atoms with Crippen LogP contribution < -0.4 is 15.0 Å². The predicted octanol–water partition coefficient (Wildman–Crippen LogP) is 6.60. The number of methoxy groups -OCH3 is 1. The molecule has 0 saturated carbocycles. The molecule has 3 aromatic rings. The van der Waals surface area contributed by atoms with Gasteiger partial charge in [0.05, 0.1) is 25.5 Å². The van der Waals surface area contributed by atoms with Gasteiger partial charge in [0.2, 0.25) is 0 Å². The number of carbonyl (C=O) groups is 1. The molecule has 1 fully saturated rings. The lowest BCUT2D eigenvalue weighted by Gasteiger charge is -2.24. The number of ether oxygens (including phenoxy) is 2. The van der Waals surface area contributed by atoms with Crippen LogP contribution in [0, 0.1) is 5.92 Å². The lowest BCUT2D eigenvalue weighted by atomic mass is 9.85. The summed E-state index contributed by atoms with van der Waals surface area (Å²) in [6.45, 7) is 13.2. The molecule has 0 unspecified atom stereocenters. The molecule has 4 rings (SSSR count). The summed E-state index contributed by atoms with van der Waals surface area (Å²) in [4.78, 5) is 22.9. The monoisotopic (exact) mass is 488 g/mol. The Hall–Kier alpha value is -3.61. The van der Waals surface area contributed by atoms with Crippen LogP contribution in [0.4, 0.5) is 16.4 Å². The van der Waals surface area contributed by atoms with E-state index in [2.05, 4.69) is 99.3 Å². The van der Waals surface area contributed by atoms with E-state index in [1.807, 2.05) is 0 Å². The molecule has 1 aromatic heterocycles. The topological polar surface area (TPSA) is 76.6 Å². The first-order chi connectivity index (χ1) is 17.1. The van der Waals surface area contributed by atoms with Crippen LogP contribution in [0.2, 0.25) is 0 Å². The number of carbonyl (C=O) groups excluding carboxylic acids is 1. The van der Waals surface area contributed by atoms with Crippen molar-refractivity contribution in [1.82, 2.24) is 9.97 Å². The van der Waals surface area contributed by atoms with Crippen molar-refractivity contribution in [2.45, 2.75) is 59.0 Å². The number of benzene rings is 2. The molecular formula is C29H36N4O3. The van der Waals surface area contributed by atoms with Crippen LogP contribution in [0.5, 0.6) is 5.75 Å². The summed E-state index contributed by atoms with van der Waals surface area (Å²) < 4.78 is 11.0. The first kappa shape index (κ1) is 25.5. The standard InChI is InChI=1S/C29H36N4O3/c1-18(2)24-17-36-28(34)33(24)27-16-30-15-26(32-27)31-19(3)20-8-10-21(11-9-20)23-13-12-22(29(4,5)6)14-25(23)35-7/h8-16,18-19,24H,17H2,1-7H3,(H,31,32)/t19-,24+/m0/s1. The van der Waals surface area contributed by atoms with Gasteiger partial charge in [-0.3, -0.25) is 9.88 Å². The Bertz CT molecular complexity index is 1220. The van der Waals surface area contributed by atoms with E-state index < -0.39 is 0 Å². The van der Waals surface area contributed by atoms with E-state index in [9.17, 15) is 4.79 Å². The molecule has 0 aliphatic carbocycles. The number of hydrogen-bond acceptors (Lipinski definition) is 6. The number of rotatable bonds is 7. The highest BCUT2D eigenvalue weighted by Crippen LogP contribution is 2.35. The first-order valence-corrected chi connectivity index (χ1v) is 12.4. The van der Waals surface area contributed by atoms with Gasteiger partial charge in [-0.25, -0.2) is 9.78 Å². The Morgan fingerprint density at radius 3 is 2.44 bits per heavy atom. The Morgan fingerprint density at radius 2 is 1.81 bits per heavy atom. The van der Waals surface area contributed by atoms with Crippen LogP contribution in [0.15, 0.2) is 54.9 Å². The van der Waals surface area contributed by atoms with E-state index in [0.29, 0.717) is 18.2 Å². The molecule has 0 spiro atoms. The highest BCUT2D eigenvalue weighted by Gasteiger charge is 2.37. The summed E-state index contributed by atoms with van der Waals surface area (Å²) in [5.74, 6) is 2.21. The minimum atomic E-state index is -0.380. The van der Waals surface area contributed by atoms with E-state index in [0.717, 1.165) is 22.4 Å². The highest BCUT2D eigenvalue weighted by molar-refractivity contribution is 5.89. The molecule has 36 heavy (non-hydrogen) atoms. The van der Waals surface area contributed by atoms with Crippen LogP contribution >= 0.6 is 0 Å². The first-order valence-electron chi connectivity index (χ1n) is 12.4. The van der Waals surface area contributed by atoms with E-state index in [1.54, 1.807) is 24.4 Å². The number of nitrogens with zero attached hydrogens (tertiary/aromatic N) is 3. The average Bonchev–Trinajstić information content (AvgIpc) is 3.25. The quantitative estimate of drug-likeness (QED) is 0.404. The molecule has 190 valence electrons. The second kappa shape index (κ2) is 10.2. The Morgan fingerprint density at radius 1 is 1.08 bits per heavy atom. The van der Waals surface area contributed by atoms with Gasteiger partial charge in [-0.2, -0.15) is 0 Å². The van der Waals surface area contributed by atoms with E-state index in [-0.39, 0.29) is 29.5 Å². The second-order valence-electron chi connectivity index (χ2n) is 10.7. The molecule has 0 bridgehead atoms. The van der Waals surface area contributed by atoms with Crippen molar-refractivity contribution >= 4 is 17.7 Å². The Labute approximate surface area is 213 Å². The summed E-state index contributed by atoms with van der Waals surface area (Å²) in [6.07, 6.45) is 2.89. The summed E-state index contributed by atoms with van der Waals surface area (Å²) in [7, 11) is 1.71. The van der Waals surface area contributed by atoms with E-state index in [1.165, 1.54) is 5.56 Å². The second-order valence-corrected chi connectivity index (χ2v) is 10.7. The van der Waals surface area contributed by atoms with Crippen LogP contribution in [0.3, 0.4) is 0 Å². The SMILES string of the molecule is COc1cc(C(C)(C)C)ccc1-c1ccc([C@H](C)Nc2cncc(N3C(=O)OC[C@@H]3C(C)C)n2)cc1. The smallest absolute Gasteiger partial charge is 0.415 e. The maximum absolute atomic E-state index is 12.3. The fourth-order valence-corrected chi connectivity index (χ4v) is 4.38. The fraction of sp³-hybridized carbons (Fsp3) is 0.414. The van der Waals surface area contributed by atoms with Gasteiger partial charge in [0, 0.05) is 11.6 Å². The fourth-order valence-electron chi connectivity index (χ4n) is 4.38. The van der Waals surface area contributed by atoms with Crippen molar-refractivity contribution in [3.05, 3.63) is 66.0 Å². The minimum Gasteiger partial charge on any atom is -0.496 e. The van der Waals surface area contributed by atoms with Crippen molar-refractivity contribution in [2.24, 2.45) is 5.92 Å². The molecule has 7 nitrogen and oxygen atoms in total. The van der Waals surface area contributed by atoms with Gasteiger partial charge in [-0.15, -0.1) is 0 Å². The number of cyclic esters (lactones) is 1. The zero-order chi connectivity index (χ0) is 26.0. The normalized spacial score (nSPS) is 16.7. The van der Waals surface area contributed by atoms with Gasteiger partial charge in [-0.1, -0.05) is 71.0 Å². The number of hydrogen-bond donors (Lipinski definition) is 1. The molecule has 2 heterocycles. The predicted molar refractivity (Wildman–Crippen MR) is 144 cm³/mol. The van der Waals surface area contributed by atoms with Crippen molar-refractivity contribution < 1.29 is 14.3 Å². The molecule has 2 aromatic carbocycles. The van der Waals surface area contributed by atoms with Gasteiger partial charge >= 0.3 is 6.09 Å². The largest absolute Gasteiger partial charge is 0.496 e. The van der Waals surface area contributed by atoms with Gasteiger partial charge in [0.15, 0.2) is 5.82 Å². The third-order valence-corrected chi connectivity index (χ3v) is 6.70. The Balaban J connectivity index is 1.51. The molecule has 7 heteroatoms. The molecule has 1 amide bonds. The summed E-state index contributed by atoms with van der Waals surface area (Å²) in [5.41, 5.74) is 4.56. The summed E-state index contributed by atoms with van der Waals surface area (Å²) in [5, 5.41) is 3.41. The maximum Gasteiger partial charge on any atom is 0.415 e. The zero-order valence-corrected chi connectivity index (χ0v) is 22.2. The molecule has 2 atom stereocenters. The average molecular weight is 489 g/mol. The van der Waals surface area contributed by atoms with E-state index in [4.69, 9.17) is 9.47 Å². The Kier molecular flexibility index (Phi) is 7.20. The van der Waals surface area contributed by atoms with Gasteiger partial charge < -0.3 is 14.8 Å². The molecule has 1 aliphatic heterocycles. The molecule has 1 saturated heterocycles. The lowest BCUT2D eigenvalue weighted by Crippen LogP contribution is -2.37. The highest BCUT2D eigenvalue weighted by atomic mass is 16.6. The molecule has 1 aliphatic rings. The number of aromatic nitrogens is 2. The molecular weight excluding hydrogens is 452 g/mol. The minimum absolute atomic E-state index is 0.0137.